The van der Waals surface area contributed by atoms with Crippen molar-refractivity contribution in [2.75, 3.05) is 52.5 Å². The van der Waals surface area contributed by atoms with Gasteiger partial charge in [0.15, 0.2) is 0 Å². The Kier molecular flexibility index (Phi) is 5.91. The number of hydrogen-bond acceptors (Lipinski definition) is 5. The maximum Gasteiger partial charge on any atom is 0.0931 e. The largest absolute Gasteiger partial charge is 0.379 e. The lowest BCUT2D eigenvalue weighted by molar-refractivity contribution is 0.0185. The van der Waals surface area contributed by atoms with Crippen LogP contribution < -0.4 is 5.32 Å². The number of likely N-dealkylation sites (tertiary alicyclic amines) is 1. The highest BCUT2D eigenvalue weighted by Crippen LogP contribution is 2.21. The van der Waals surface area contributed by atoms with Gasteiger partial charge in [-0.25, -0.2) is 0 Å². The number of rotatable bonds is 6. The van der Waals surface area contributed by atoms with Crippen molar-refractivity contribution in [3.05, 3.63) is 21.3 Å². The van der Waals surface area contributed by atoms with Crippen LogP contribution in [0.2, 0.25) is 4.34 Å². The number of hydrogen-bond donors (Lipinski definition) is 1. The van der Waals surface area contributed by atoms with Crippen molar-refractivity contribution in [1.29, 1.82) is 0 Å². The van der Waals surface area contributed by atoms with Gasteiger partial charge in [0.2, 0.25) is 0 Å². The van der Waals surface area contributed by atoms with Crippen molar-refractivity contribution in [3.63, 3.8) is 0 Å². The van der Waals surface area contributed by atoms with Crippen LogP contribution in [0.15, 0.2) is 12.1 Å². The van der Waals surface area contributed by atoms with Gasteiger partial charge in [-0.2, -0.15) is 0 Å². The van der Waals surface area contributed by atoms with Crippen LogP contribution >= 0.6 is 22.9 Å². The van der Waals surface area contributed by atoms with Gasteiger partial charge in [0.05, 0.1) is 17.6 Å². The molecule has 0 saturated carbocycles. The molecule has 1 N–H and O–H groups in total. The molecular weight excluding hydrogens is 306 g/mol. The molecule has 4 nitrogen and oxygen atoms in total. The average Bonchev–Trinajstić information content (AvgIpc) is 3.14. The van der Waals surface area contributed by atoms with E-state index in [9.17, 15) is 0 Å². The molecule has 6 heteroatoms. The second kappa shape index (κ2) is 7.90. The molecule has 1 aromatic heterocycles. The summed E-state index contributed by atoms with van der Waals surface area (Å²) in [6.07, 6.45) is 1.31. The summed E-state index contributed by atoms with van der Waals surface area (Å²) >= 11 is 7.60. The van der Waals surface area contributed by atoms with Crippen molar-refractivity contribution >= 4 is 22.9 Å². The smallest absolute Gasteiger partial charge is 0.0931 e. The second-order valence-corrected chi connectivity index (χ2v) is 7.57. The van der Waals surface area contributed by atoms with Gasteiger partial charge in [-0.15, -0.1) is 11.3 Å². The minimum absolute atomic E-state index is 0.741. The highest BCUT2D eigenvalue weighted by Gasteiger charge is 2.28. The molecule has 0 bridgehead atoms. The monoisotopic (exact) mass is 329 g/mol. The van der Waals surface area contributed by atoms with Gasteiger partial charge < -0.3 is 15.0 Å². The number of morpholine rings is 1. The van der Waals surface area contributed by atoms with E-state index in [0.29, 0.717) is 0 Å². The van der Waals surface area contributed by atoms with Crippen LogP contribution in [0.1, 0.15) is 11.3 Å². The molecule has 0 aromatic carbocycles. The number of nitrogens with zero attached hydrogens (tertiary/aromatic N) is 2. The molecule has 118 valence electrons. The van der Waals surface area contributed by atoms with Crippen molar-refractivity contribution in [2.45, 2.75) is 19.0 Å². The van der Waals surface area contributed by atoms with Gasteiger partial charge in [0.1, 0.15) is 0 Å². The fourth-order valence-corrected chi connectivity index (χ4v) is 4.21. The molecule has 0 spiro atoms. The van der Waals surface area contributed by atoms with Crippen molar-refractivity contribution in [1.82, 2.24) is 15.1 Å². The molecule has 1 atom stereocenters. The maximum atomic E-state index is 5.94. The fourth-order valence-electron chi connectivity index (χ4n) is 3.15. The van der Waals surface area contributed by atoms with Crippen LogP contribution in [0.25, 0.3) is 0 Å². The van der Waals surface area contributed by atoms with Crippen LogP contribution in [0.3, 0.4) is 0 Å². The van der Waals surface area contributed by atoms with Crippen LogP contribution in [0, 0.1) is 0 Å². The normalized spacial score (nSPS) is 24.7. The first-order valence-corrected chi connectivity index (χ1v) is 9.00. The van der Waals surface area contributed by atoms with E-state index >= 15 is 0 Å². The Labute approximate surface area is 136 Å². The molecule has 0 amide bonds. The Morgan fingerprint density at radius 2 is 2.14 bits per heavy atom. The van der Waals surface area contributed by atoms with Crippen molar-refractivity contribution in [2.24, 2.45) is 0 Å². The van der Waals surface area contributed by atoms with E-state index in [1.165, 1.54) is 24.4 Å². The van der Waals surface area contributed by atoms with Gasteiger partial charge in [-0.1, -0.05) is 11.6 Å². The molecule has 2 aliphatic rings. The van der Waals surface area contributed by atoms with Gasteiger partial charge in [0.25, 0.3) is 0 Å². The third kappa shape index (κ3) is 4.65. The molecule has 2 saturated heterocycles. The summed E-state index contributed by atoms with van der Waals surface area (Å²) < 4.78 is 6.31. The van der Waals surface area contributed by atoms with Crippen LogP contribution in [-0.2, 0) is 11.3 Å². The second-order valence-electron chi connectivity index (χ2n) is 5.77. The lowest BCUT2D eigenvalue weighted by Crippen LogP contribution is -2.45. The third-order valence-corrected chi connectivity index (χ3v) is 5.57. The van der Waals surface area contributed by atoms with Crippen molar-refractivity contribution in [3.8, 4) is 0 Å². The first-order chi connectivity index (χ1) is 10.3. The van der Waals surface area contributed by atoms with E-state index in [2.05, 4.69) is 21.2 Å². The lowest BCUT2D eigenvalue weighted by atomic mass is 10.2. The quantitative estimate of drug-likeness (QED) is 0.807. The lowest BCUT2D eigenvalue weighted by Gasteiger charge is -2.32. The van der Waals surface area contributed by atoms with Gasteiger partial charge in [-0.05, 0) is 25.1 Å². The summed E-state index contributed by atoms with van der Waals surface area (Å²) in [4.78, 5) is 6.49. The predicted molar refractivity (Wildman–Crippen MR) is 88.3 cm³/mol. The van der Waals surface area contributed by atoms with Crippen LogP contribution in [0.4, 0.5) is 0 Å². The van der Waals surface area contributed by atoms with E-state index in [-0.39, 0.29) is 0 Å². The fraction of sp³-hybridized carbons (Fsp3) is 0.733. The molecule has 1 aromatic rings. The zero-order valence-electron chi connectivity index (χ0n) is 12.4. The predicted octanol–water partition coefficient (Wildman–Crippen LogP) is 1.90. The Hall–Kier alpha value is -0.170. The summed E-state index contributed by atoms with van der Waals surface area (Å²) in [6, 6.07) is 4.81. The van der Waals surface area contributed by atoms with Crippen LogP contribution in [-0.4, -0.2) is 68.3 Å². The maximum absolute atomic E-state index is 5.94. The molecule has 3 heterocycles. The number of ether oxygens (including phenoxy) is 1. The number of halogens is 1. The van der Waals surface area contributed by atoms with Gasteiger partial charge in [-0.3, -0.25) is 4.90 Å². The third-order valence-electron chi connectivity index (χ3n) is 4.34. The summed E-state index contributed by atoms with van der Waals surface area (Å²) in [5, 5.41) is 3.51. The Morgan fingerprint density at radius 3 is 2.90 bits per heavy atom. The first-order valence-electron chi connectivity index (χ1n) is 7.80. The Bertz CT molecular complexity index is 436. The van der Waals surface area contributed by atoms with E-state index in [1.54, 1.807) is 11.3 Å². The van der Waals surface area contributed by atoms with E-state index in [1.807, 2.05) is 6.07 Å². The summed E-state index contributed by atoms with van der Waals surface area (Å²) in [7, 11) is 0. The minimum Gasteiger partial charge on any atom is -0.379 e. The molecular formula is C15H24ClN3OS. The average molecular weight is 330 g/mol. The minimum atomic E-state index is 0.741. The van der Waals surface area contributed by atoms with Gasteiger partial charge >= 0.3 is 0 Å². The summed E-state index contributed by atoms with van der Waals surface area (Å²) in [5.41, 5.74) is 0. The van der Waals surface area contributed by atoms with Gasteiger partial charge in [0, 0.05) is 50.2 Å². The zero-order chi connectivity index (χ0) is 14.5. The Morgan fingerprint density at radius 1 is 1.29 bits per heavy atom. The Balaban J connectivity index is 1.31. The number of nitrogens with one attached hydrogen (secondary N) is 1. The molecule has 2 fully saturated rings. The van der Waals surface area contributed by atoms with E-state index in [4.69, 9.17) is 16.3 Å². The topological polar surface area (TPSA) is 27.7 Å². The van der Waals surface area contributed by atoms with E-state index < -0.39 is 0 Å². The zero-order valence-corrected chi connectivity index (χ0v) is 14.0. The van der Waals surface area contributed by atoms with E-state index in [0.717, 1.165) is 56.3 Å². The molecule has 1 unspecified atom stereocenters. The van der Waals surface area contributed by atoms with Crippen molar-refractivity contribution < 1.29 is 4.74 Å². The number of thiophene rings is 1. The highest BCUT2D eigenvalue weighted by atomic mass is 35.5. The highest BCUT2D eigenvalue weighted by molar-refractivity contribution is 7.16. The standard InChI is InChI=1S/C15H24ClN3OS/c16-15-2-1-14(21-15)11-17-4-6-18-5-3-13(12-18)19-7-9-20-10-8-19/h1-2,13,17H,3-12H2. The molecule has 0 aliphatic carbocycles. The van der Waals surface area contributed by atoms with Crippen LogP contribution in [0.5, 0.6) is 0 Å². The SMILES string of the molecule is Clc1ccc(CNCCN2CCC(N3CCOCC3)C2)s1. The molecule has 3 rings (SSSR count). The summed E-state index contributed by atoms with van der Waals surface area (Å²) in [5.74, 6) is 0. The molecule has 2 aliphatic heterocycles. The summed E-state index contributed by atoms with van der Waals surface area (Å²) in [6.45, 7) is 9.58. The molecule has 0 radical (unpaired) electrons. The first kappa shape index (κ1) is 15.7. The molecule has 21 heavy (non-hydrogen) atoms.